The summed E-state index contributed by atoms with van der Waals surface area (Å²) in [6, 6.07) is 3.71. The van der Waals surface area contributed by atoms with E-state index in [9.17, 15) is 9.18 Å². The van der Waals surface area contributed by atoms with Crippen molar-refractivity contribution in [3.63, 3.8) is 0 Å². The molecule has 0 aliphatic rings. The first-order valence-electron chi connectivity index (χ1n) is 5.08. The van der Waals surface area contributed by atoms with Crippen LogP contribution in [0.3, 0.4) is 0 Å². The molecule has 16 heavy (non-hydrogen) atoms. The van der Waals surface area contributed by atoms with Crippen LogP contribution < -0.4 is 11.1 Å². The van der Waals surface area contributed by atoms with Crippen LogP contribution in [0.25, 0.3) is 0 Å². The molecule has 1 aromatic rings. The first-order valence-corrected chi connectivity index (χ1v) is 5.08. The fourth-order valence-electron chi connectivity index (χ4n) is 1.28. The van der Waals surface area contributed by atoms with E-state index in [1.165, 1.54) is 6.07 Å². The highest BCUT2D eigenvalue weighted by atomic mass is 19.1. The van der Waals surface area contributed by atoms with E-state index in [4.69, 9.17) is 10.8 Å². The lowest BCUT2D eigenvalue weighted by molar-refractivity contribution is 0.0951. The smallest absolute Gasteiger partial charge is 0.251 e. The van der Waals surface area contributed by atoms with Crippen LogP contribution in [0.1, 0.15) is 23.2 Å². The zero-order chi connectivity index (χ0) is 12.0. The number of halogens is 1. The van der Waals surface area contributed by atoms with E-state index in [0.29, 0.717) is 19.4 Å². The van der Waals surface area contributed by atoms with Gasteiger partial charge in [-0.25, -0.2) is 4.39 Å². The Kier molecular flexibility index (Phi) is 4.72. The van der Waals surface area contributed by atoms with Crippen molar-refractivity contribution in [2.24, 2.45) is 0 Å². The maximum absolute atomic E-state index is 12.9. The molecule has 0 radical (unpaired) electrons. The summed E-state index contributed by atoms with van der Waals surface area (Å²) in [6.45, 7) is 0.554. The molecule has 0 bridgehead atoms. The van der Waals surface area contributed by atoms with Crippen molar-refractivity contribution >= 4 is 11.6 Å². The fourth-order valence-corrected chi connectivity index (χ4v) is 1.28. The number of rotatable bonds is 5. The van der Waals surface area contributed by atoms with Crippen molar-refractivity contribution in [1.82, 2.24) is 5.32 Å². The highest BCUT2D eigenvalue weighted by Crippen LogP contribution is 2.10. The second-order valence-corrected chi connectivity index (χ2v) is 3.46. The van der Waals surface area contributed by atoms with Crippen molar-refractivity contribution in [2.75, 3.05) is 18.9 Å². The van der Waals surface area contributed by atoms with E-state index in [-0.39, 0.29) is 23.8 Å². The number of hydrogen-bond acceptors (Lipinski definition) is 3. The van der Waals surface area contributed by atoms with Gasteiger partial charge in [-0.05, 0) is 31.0 Å². The number of nitrogens with two attached hydrogens (primary N) is 1. The normalized spacial score (nSPS) is 10.1. The number of aliphatic hydroxyl groups excluding tert-OH is 1. The lowest BCUT2D eigenvalue weighted by atomic mass is 10.2. The van der Waals surface area contributed by atoms with Crippen LogP contribution in [-0.2, 0) is 0 Å². The molecule has 1 rings (SSSR count). The molecule has 0 spiro atoms. The Morgan fingerprint density at radius 2 is 2.12 bits per heavy atom. The van der Waals surface area contributed by atoms with E-state index < -0.39 is 5.82 Å². The lowest BCUT2D eigenvalue weighted by Crippen LogP contribution is -2.24. The van der Waals surface area contributed by atoms with Crippen molar-refractivity contribution in [3.8, 4) is 0 Å². The average molecular weight is 226 g/mol. The molecule has 0 aromatic heterocycles. The number of amides is 1. The van der Waals surface area contributed by atoms with Crippen molar-refractivity contribution in [2.45, 2.75) is 12.8 Å². The van der Waals surface area contributed by atoms with Crippen LogP contribution in [0.15, 0.2) is 18.2 Å². The molecule has 0 aliphatic heterocycles. The third-order valence-electron chi connectivity index (χ3n) is 2.05. The van der Waals surface area contributed by atoms with Gasteiger partial charge in [0.05, 0.1) is 0 Å². The Morgan fingerprint density at radius 1 is 1.38 bits per heavy atom. The monoisotopic (exact) mass is 226 g/mol. The largest absolute Gasteiger partial charge is 0.399 e. The molecule has 0 aliphatic carbocycles. The molecule has 0 fully saturated rings. The van der Waals surface area contributed by atoms with Crippen molar-refractivity contribution < 1.29 is 14.3 Å². The second kappa shape index (κ2) is 6.07. The number of nitrogen functional groups attached to an aromatic ring is 1. The molecular weight excluding hydrogens is 211 g/mol. The standard InChI is InChI=1S/C11H15FN2O2/c12-9-5-8(6-10(13)7-9)11(16)14-3-1-2-4-15/h5-7,15H,1-4,13H2,(H,14,16). The molecule has 0 saturated carbocycles. The third kappa shape index (κ3) is 3.86. The highest BCUT2D eigenvalue weighted by Gasteiger charge is 2.07. The van der Waals surface area contributed by atoms with Gasteiger partial charge in [-0.15, -0.1) is 0 Å². The summed E-state index contributed by atoms with van der Waals surface area (Å²) < 4.78 is 12.9. The van der Waals surface area contributed by atoms with Gasteiger partial charge < -0.3 is 16.2 Å². The van der Waals surface area contributed by atoms with E-state index in [2.05, 4.69) is 5.32 Å². The van der Waals surface area contributed by atoms with Crippen LogP contribution in [0.4, 0.5) is 10.1 Å². The van der Waals surface area contributed by atoms with E-state index in [1.54, 1.807) is 0 Å². The summed E-state index contributed by atoms with van der Waals surface area (Å²) in [5.74, 6) is -0.885. The Bertz CT molecular complexity index is 349. The minimum absolute atomic E-state index is 0.1000. The maximum Gasteiger partial charge on any atom is 0.251 e. The summed E-state index contributed by atoms with van der Waals surface area (Å²) in [4.78, 5) is 11.5. The summed E-state index contributed by atoms with van der Waals surface area (Å²) in [5, 5.41) is 11.2. The van der Waals surface area contributed by atoms with Gasteiger partial charge in [0.2, 0.25) is 0 Å². The molecule has 0 atom stereocenters. The fraction of sp³-hybridized carbons (Fsp3) is 0.364. The molecular formula is C11H15FN2O2. The number of hydrogen-bond donors (Lipinski definition) is 3. The number of carbonyl (C=O) groups excluding carboxylic acids is 1. The summed E-state index contributed by atoms with van der Waals surface area (Å²) in [6.07, 6.45) is 1.32. The number of nitrogens with one attached hydrogen (secondary N) is 1. The van der Waals surface area contributed by atoms with E-state index in [0.717, 1.165) is 12.1 Å². The van der Waals surface area contributed by atoms with Crippen molar-refractivity contribution in [3.05, 3.63) is 29.6 Å². The minimum atomic E-state index is -0.527. The Balaban J connectivity index is 2.52. The molecule has 0 unspecified atom stereocenters. The molecule has 88 valence electrons. The SMILES string of the molecule is Nc1cc(F)cc(C(=O)NCCCCO)c1. The van der Waals surface area contributed by atoms with E-state index in [1.807, 2.05) is 0 Å². The summed E-state index contributed by atoms with van der Waals surface area (Å²) >= 11 is 0. The van der Waals surface area contributed by atoms with Gasteiger partial charge in [0, 0.05) is 24.4 Å². The molecule has 0 heterocycles. The first-order chi connectivity index (χ1) is 7.63. The zero-order valence-corrected chi connectivity index (χ0v) is 8.87. The number of anilines is 1. The van der Waals surface area contributed by atoms with Gasteiger partial charge in [-0.1, -0.05) is 0 Å². The van der Waals surface area contributed by atoms with Crippen molar-refractivity contribution in [1.29, 1.82) is 0 Å². The van der Waals surface area contributed by atoms with Gasteiger partial charge in [0.1, 0.15) is 5.82 Å². The minimum Gasteiger partial charge on any atom is -0.399 e. The Hall–Kier alpha value is -1.62. The number of unbranched alkanes of at least 4 members (excludes halogenated alkanes) is 1. The predicted octanol–water partition coefficient (Wildman–Crippen LogP) is 0.910. The van der Waals surface area contributed by atoms with Crippen LogP contribution in [0.5, 0.6) is 0 Å². The second-order valence-electron chi connectivity index (χ2n) is 3.46. The number of aliphatic hydroxyl groups is 1. The lowest BCUT2D eigenvalue weighted by Gasteiger charge is -2.05. The Morgan fingerprint density at radius 3 is 2.75 bits per heavy atom. The van der Waals surface area contributed by atoms with Gasteiger partial charge in [-0.3, -0.25) is 4.79 Å². The third-order valence-corrected chi connectivity index (χ3v) is 2.05. The number of carbonyl (C=O) groups is 1. The van der Waals surface area contributed by atoms with Crippen LogP contribution in [0, 0.1) is 5.82 Å². The van der Waals surface area contributed by atoms with E-state index >= 15 is 0 Å². The zero-order valence-electron chi connectivity index (χ0n) is 8.87. The van der Waals surface area contributed by atoms with Gasteiger partial charge in [-0.2, -0.15) is 0 Å². The Labute approximate surface area is 93.3 Å². The quantitative estimate of drug-likeness (QED) is 0.516. The van der Waals surface area contributed by atoms with Gasteiger partial charge in [0.15, 0.2) is 0 Å². The van der Waals surface area contributed by atoms with Crippen LogP contribution in [0.2, 0.25) is 0 Å². The molecule has 5 heteroatoms. The summed E-state index contributed by atoms with van der Waals surface area (Å²) in [7, 11) is 0. The molecule has 4 N–H and O–H groups in total. The van der Waals surface area contributed by atoms with Crippen LogP contribution >= 0.6 is 0 Å². The highest BCUT2D eigenvalue weighted by molar-refractivity contribution is 5.94. The molecule has 0 saturated heterocycles. The van der Waals surface area contributed by atoms with Gasteiger partial charge >= 0.3 is 0 Å². The number of benzene rings is 1. The first kappa shape index (κ1) is 12.4. The topological polar surface area (TPSA) is 75.4 Å². The van der Waals surface area contributed by atoms with Gasteiger partial charge in [0.25, 0.3) is 5.91 Å². The van der Waals surface area contributed by atoms with Crippen LogP contribution in [-0.4, -0.2) is 24.2 Å². The molecule has 1 aromatic carbocycles. The predicted molar refractivity (Wildman–Crippen MR) is 59.5 cm³/mol. The molecule has 4 nitrogen and oxygen atoms in total. The molecule has 1 amide bonds. The summed E-state index contributed by atoms with van der Waals surface area (Å²) in [5.41, 5.74) is 5.85. The maximum atomic E-state index is 12.9. The average Bonchev–Trinajstić information content (AvgIpc) is 2.22.